The molecule has 0 N–H and O–H groups in total. The molecule has 1 fully saturated rings. The first-order valence-electron chi connectivity index (χ1n) is 5.30. The lowest BCUT2D eigenvalue weighted by molar-refractivity contribution is 0.243. The lowest BCUT2D eigenvalue weighted by atomic mass is 9.95. The first-order chi connectivity index (χ1) is 6.86. The quantitative estimate of drug-likeness (QED) is 0.637. The zero-order chi connectivity index (χ0) is 9.54. The fourth-order valence-electron chi connectivity index (χ4n) is 2.80. The lowest BCUT2D eigenvalue weighted by Crippen LogP contribution is -2.37. The Hall–Kier alpha value is -0.600. The maximum absolute atomic E-state index is 2.55. The van der Waals surface area contributed by atoms with Gasteiger partial charge in [-0.15, -0.1) is 11.3 Å². The Kier molecular flexibility index (Phi) is 1.99. The molecule has 0 saturated carbocycles. The van der Waals surface area contributed by atoms with E-state index in [4.69, 9.17) is 0 Å². The van der Waals surface area contributed by atoms with Crippen LogP contribution >= 0.6 is 11.3 Å². The summed E-state index contributed by atoms with van der Waals surface area (Å²) in [6, 6.07) is 5.90. The molecule has 1 saturated heterocycles. The van der Waals surface area contributed by atoms with E-state index in [-0.39, 0.29) is 0 Å². The van der Waals surface area contributed by atoms with Gasteiger partial charge in [0.1, 0.15) is 0 Å². The van der Waals surface area contributed by atoms with Gasteiger partial charge in [0.2, 0.25) is 0 Å². The Balaban J connectivity index is 1.95. The van der Waals surface area contributed by atoms with Gasteiger partial charge in [0.25, 0.3) is 0 Å². The Bertz CT molecular complexity index is 341. The van der Waals surface area contributed by atoms with E-state index in [1.807, 2.05) is 11.3 Å². The average molecular weight is 205 g/mol. The summed E-state index contributed by atoms with van der Waals surface area (Å²) in [4.78, 5) is 4.07. The van der Waals surface area contributed by atoms with Crippen LogP contribution in [0.1, 0.15) is 23.6 Å². The summed E-state index contributed by atoms with van der Waals surface area (Å²) in [6.45, 7) is 0. The molecule has 3 unspecified atom stereocenters. The van der Waals surface area contributed by atoms with Crippen molar-refractivity contribution in [3.8, 4) is 0 Å². The molecule has 0 aliphatic carbocycles. The predicted molar refractivity (Wildman–Crippen MR) is 60.8 cm³/mol. The molecule has 0 aromatic carbocycles. The molecule has 1 aromatic rings. The summed E-state index contributed by atoms with van der Waals surface area (Å²) >= 11 is 1.89. The fourth-order valence-corrected chi connectivity index (χ4v) is 3.67. The summed E-state index contributed by atoms with van der Waals surface area (Å²) in [5.74, 6) is 0.652. The van der Waals surface area contributed by atoms with E-state index in [2.05, 4.69) is 41.6 Å². The second kappa shape index (κ2) is 3.21. The summed E-state index contributed by atoms with van der Waals surface area (Å²) in [5.41, 5.74) is 0. The van der Waals surface area contributed by atoms with Gasteiger partial charge in [0.15, 0.2) is 0 Å². The number of nitrogens with zero attached hydrogens (tertiary/aromatic N) is 1. The number of fused-ring (bicyclic) bond motifs is 2. The molecule has 3 heterocycles. The monoisotopic (exact) mass is 205 g/mol. The van der Waals surface area contributed by atoms with Crippen molar-refractivity contribution < 1.29 is 0 Å². The van der Waals surface area contributed by atoms with Gasteiger partial charge in [0, 0.05) is 22.9 Å². The highest BCUT2D eigenvalue weighted by molar-refractivity contribution is 7.10. The van der Waals surface area contributed by atoms with E-state index >= 15 is 0 Å². The van der Waals surface area contributed by atoms with E-state index in [1.165, 1.54) is 17.7 Å². The molecule has 3 atom stereocenters. The maximum atomic E-state index is 2.55. The van der Waals surface area contributed by atoms with Crippen molar-refractivity contribution in [3.05, 3.63) is 34.5 Å². The smallest absolute Gasteiger partial charge is 0.0279 e. The van der Waals surface area contributed by atoms with Gasteiger partial charge in [-0.25, -0.2) is 0 Å². The molecule has 2 heteroatoms. The van der Waals surface area contributed by atoms with Crippen molar-refractivity contribution in [1.82, 2.24) is 4.90 Å². The number of rotatable bonds is 1. The largest absolute Gasteiger partial charge is 0.296 e. The molecule has 0 amide bonds. The second-order valence-electron chi connectivity index (χ2n) is 4.30. The van der Waals surface area contributed by atoms with Crippen LogP contribution in [0.4, 0.5) is 0 Å². The van der Waals surface area contributed by atoms with E-state index < -0.39 is 0 Å². The van der Waals surface area contributed by atoms with Crippen LogP contribution in [0, 0.1) is 0 Å². The zero-order valence-corrected chi connectivity index (χ0v) is 9.20. The third-order valence-electron chi connectivity index (χ3n) is 3.63. The van der Waals surface area contributed by atoms with Crippen LogP contribution < -0.4 is 0 Å². The molecule has 1 nitrogen and oxygen atoms in total. The van der Waals surface area contributed by atoms with Gasteiger partial charge >= 0.3 is 0 Å². The van der Waals surface area contributed by atoms with Crippen LogP contribution in [-0.4, -0.2) is 24.0 Å². The molecule has 2 aliphatic heterocycles. The average Bonchev–Trinajstić information content (AvgIpc) is 2.76. The second-order valence-corrected chi connectivity index (χ2v) is 5.28. The summed E-state index contributed by atoms with van der Waals surface area (Å²) in [6.07, 6.45) is 7.53. The Morgan fingerprint density at radius 2 is 2.29 bits per heavy atom. The van der Waals surface area contributed by atoms with E-state index in [0.29, 0.717) is 5.92 Å². The van der Waals surface area contributed by atoms with Crippen molar-refractivity contribution in [2.75, 3.05) is 7.05 Å². The highest BCUT2D eigenvalue weighted by atomic mass is 32.1. The number of likely N-dealkylation sites (N-methyl/N-ethyl adjacent to an activating group) is 1. The van der Waals surface area contributed by atoms with Crippen molar-refractivity contribution in [1.29, 1.82) is 0 Å². The first-order valence-corrected chi connectivity index (χ1v) is 6.18. The van der Waals surface area contributed by atoms with Gasteiger partial charge in [-0.2, -0.15) is 0 Å². The van der Waals surface area contributed by atoms with Crippen LogP contribution in [0.25, 0.3) is 0 Å². The van der Waals surface area contributed by atoms with Crippen molar-refractivity contribution in [2.24, 2.45) is 0 Å². The molecular formula is C12H15NS. The van der Waals surface area contributed by atoms with E-state index in [9.17, 15) is 0 Å². The highest BCUT2D eigenvalue weighted by Crippen LogP contribution is 2.40. The summed E-state index contributed by atoms with van der Waals surface area (Å²) < 4.78 is 0. The third kappa shape index (κ3) is 1.17. The molecular weight excluding hydrogens is 190 g/mol. The molecule has 74 valence electrons. The molecule has 2 bridgehead atoms. The number of hydrogen-bond donors (Lipinski definition) is 0. The maximum Gasteiger partial charge on any atom is 0.0279 e. The minimum atomic E-state index is 0.652. The van der Waals surface area contributed by atoms with Gasteiger partial charge in [-0.3, -0.25) is 4.90 Å². The highest BCUT2D eigenvalue weighted by Gasteiger charge is 2.37. The van der Waals surface area contributed by atoms with E-state index in [0.717, 1.165) is 12.1 Å². The Morgan fingerprint density at radius 3 is 3.07 bits per heavy atom. The normalized spacial score (nSPS) is 36.5. The van der Waals surface area contributed by atoms with Gasteiger partial charge in [-0.05, 0) is 31.3 Å². The number of hydrogen-bond acceptors (Lipinski definition) is 2. The van der Waals surface area contributed by atoms with Crippen LogP contribution in [-0.2, 0) is 0 Å². The molecule has 2 aliphatic rings. The fraction of sp³-hybridized carbons (Fsp3) is 0.500. The minimum Gasteiger partial charge on any atom is -0.296 e. The molecule has 14 heavy (non-hydrogen) atoms. The molecule has 1 aromatic heterocycles. The SMILES string of the molecule is CN1C2C=CC(c3cccs3)C1CC2. The lowest BCUT2D eigenvalue weighted by Gasteiger charge is -2.32. The Labute approximate surface area is 89.0 Å². The van der Waals surface area contributed by atoms with Gasteiger partial charge < -0.3 is 0 Å². The predicted octanol–water partition coefficient (Wildman–Crippen LogP) is 2.86. The topological polar surface area (TPSA) is 3.24 Å². The molecule has 3 rings (SSSR count). The zero-order valence-electron chi connectivity index (χ0n) is 8.39. The Morgan fingerprint density at radius 1 is 1.36 bits per heavy atom. The van der Waals surface area contributed by atoms with Gasteiger partial charge in [0.05, 0.1) is 0 Å². The van der Waals surface area contributed by atoms with Crippen LogP contribution in [0.3, 0.4) is 0 Å². The van der Waals surface area contributed by atoms with Crippen molar-refractivity contribution >= 4 is 11.3 Å². The molecule has 0 radical (unpaired) electrons. The summed E-state index contributed by atoms with van der Waals surface area (Å²) in [5, 5.41) is 2.18. The van der Waals surface area contributed by atoms with E-state index in [1.54, 1.807) is 0 Å². The molecule has 0 spiro atoms. The van der Waals surface area contributed by atoms with Gasteiger partial charge in [-0.1, -0.05) is 18.2 Å². The third-order valence-corrected chi connectivity index (χ3v) is 4.60. The number of thiophene rings is 1. The van der Waals surface area contributed by atoms with Crippen molar-refractivity contribution in [3.63, 3.8) is 0 Å². The van der Waals surface area contributed by atoms with Crippen LogP contribution in [0.5, 0.6) is 0 Å². The van der Waals surface area contributed by atoms with Crippen LogP contribution in [0.2, 0.25) is 0 Å². The standard InChI is InChI=1S/C12H15NS/c1-13-9-4-6-10(11(13)7-5-9)12-3-2-8-14-12/h2-4,6,8-11H,5,7H2,1H3. The first kappa shape index (κ1) is 8.69. The van der Waals surface area contributed by atoms with Crippen LogP contribution in [0.15, 0.2) is 29.7 Å². The minimum absolute atomic E-state index is 0.652. The van der Waals surface area contributed by atoms with Crippen molar-refractivity contribution in [2.45, 2.75) is 30.8 Å². The summed E-state index contributed by atoms with van der Waals surface area (Å²) in [7, 11) is 2.27.